The second-order valence-corrected chi connectivity index (χ2v) is 8.43. The summed E-state index contributed by atoms with van der Waals surface area (Å²) in [4.78, 5) is 2.44. The first-order valence-corrected chi connectivity index (χ1v) is 8.55. The average Bonchev–Trinajstić information content (AvgIpc) is 2.86. The summed E-state index contributed by atoms with van der Waals surface area (Å²) in [5.74, 6) is 0. The molecule has 0 unspecified atom stereocenters. The van der Waals surface area contributed by atoms with Crippen molar-refractivity contribution in [3.8, 4) is 0 Å². The fourth-order valence-corrected chi connectivity index (χ4v) is 4.08. The molecule has 0 aliphatic carbocycles. The van der Waals surface area contributed by atoms with Crippen molar-refractivity contribution in [1.82, 2.24) is 4.90 Å². The van der Waals surface area contributed by atoms with Gasteiger partial charge in [-0.05, 0) is 45.7 Å². The lowest BCUT2D eigenvalue weighted by atomic mass is 9.87. The van der Waals surface area contributed by atoms with Crippen LogP contribution in [0.5, 0.6) is 0 Å². The van der Waals surface area contributed by atoms with Crippen molar-refractivity contribution in [1.29, 1.82) is 0 Å². The van der Waals surface area contributed by atoms with E-state index in [0.29, 0.717) is 19.5 Å². The van der Waals surface area contributed by atoms with Crippen LogP contribution in [-0.4, -0.2) is 42.5 Å². The van der Waals surface area contributed by atoms with E-state index < -0.39 is 31.0 Å². The van der Waals surface area contributed by atoms with Crippen LogP contribution in [0, 0.1) is 0 Å². The number of hydrogen-bond acceptors (Lipinski definition) is 4. The van der Waals surface area contributed by atoms with E-state index in [1.807, 2.05) is 33.8 Å². The fourth-order valence-electron chi connectivity index (χ4n) is 2.86. The third-order valence-electron chi connectivity index (χ3n) is 4.87. The summed E-state index contributed by atoms with van der Waals surface area (Å²) in [6, 6.07) is 2.03. The van der Waals surface area contributed by atoms with Crippen LogP contribution in [0.2, 0.25) is 0 Å². The van der Waals surface area contributed by atoms with Gasteiger partial charge in [0.1, 0.15) is 0 Å². The highest BCUT2D eigenvalue weighted by Crippen LogP contribution is 2.37. The van der Waals surface area contributed by atoms with Gasteiger partial charge in [-0.2, -0.15) is 13.2 Å². The molecule has 0 radical (unpaired) electrons. The molecular weight excluding hydrogens is 326 g/mol. The minimum atomic E-state index is -4.15. The third-order valence-corrected chi connectivity index (χ3v) is 6.05. The molecule has 8 heteroatoms. The van der Waals surface area contributed by atoms with E-state index in [1.54, 1.807) is 0 Å². The van der Waals surface area contributed by atoms with E-state index in [-0.39, 0.29) is 0 Å². The molecule has 0 spiro atoms. The van der Waals surface area contributed by atoms with Crippen molar-refractivity contribution in [2.45, 2.75) is 58.0 Å². The van der Waals surface area contributed by atoms with Gasteiger partial charge in [-0.15, -0.1) is 11.3 Å². The van der Waals surface area contributed by atoms with Gasteiger partial charge in [0.25, 0.3) is 0 Å². The minimum Gasteiger partial charge on any atom is -0.399 e. The fraction of sp³-hybridized carbons (Fsp3) is 0.733. The van der Waals surface area contributed by atoms with Crippen LogP contribution in [0.15, 0.2) is 6.07 Å². The highest BCUT2D eigenvalue weighted by Gasteiger charge is 2.52. The quantitative estimate of drug-likeness (QED) is 0.768. The Hall–Kier alpha value is -0.565. The van der Waals surface area contributed by atoms with Gasteiger partial charge in [0, 0.05) is 22.7 Å². The van der Waals surface area contributed by atoms with Crippen molar-refractivity contribution < 1.29 is 22.5 Å². The predicted molar refractivity (Wildman–Crippen MR) is 85.1 cm³/mol. The number of halogens is 3. The number of alkyl halides is 3. The predicted octanol–water partition coefficient (Wildman–Crippen LogP) is 2.97. The highest BCUT2D eigenvalue weighted by molar-refractivity contribution is 7.22. The standard InChI is InChI=1S/C15H21BF3NO2S/c1-13(2)14(3,4)22-16(21-13)12-7-10-5-6-20(8-11(10)23-12)9-15(17,18)19/h7H,5-6,8-9H2,1-4H3. The molecule has 0 atom stereocenters. The molecule has 0 aromatic carbocycles. The summed E-state index contributed by atoms with van der Waals surface area (Å²) in [6.45, 7) is 7.90. The second-order valence-electron chi connectivity index (χ2n) is 7.26. The smallest absolute Gasteiger partial charge is 0.399 e. The van der Waals surface area contributed by atoms with Crippen LogP contribution in [0.4, 0.5) is 13.2 Å². The van der Waals surface area contributed by atoms with Gasteiger partial charge < -0.3 is 9.31 Å². The molecule has 1 fully saturated rings. The molecular formula is C15H21BF3NO2S. The van der Waals surface area contributed by atoms with E-state index >= 15 is 0 Å². The van der Waals surface area contributed by atoms with Crippen LogP contribution < -0.4 is 4.78 Å². The normalized spacial score (nSPS) is 24.0. The lowest BCUT2D eigenvalue weighted by molar-refractivity contribution is -0.147. The van der Waals surface area contributed by atoms with Crippen LogP contribution in [0.3, 0.4) is 0 Å². The molecule has 0 N–H and O–H groups in total. The molecule has 0 saturated carbocycles. The van der Waals surface area contributed by atoms with Crippen LogP contribution in [0.25, 0.3) is 0 Å². The van der Waals surface area contributed by atoms with Gasteiger partial charge >= 0.3 is 13.3 Å². The largest absolute Gasteiger partial charge is 0.505 e. The van der Waals surface area contributed by atoms with Crippen molar-refractivity contribution in [2.24, 2.45) is 0 Å². The number of hydrogen-bond donors (Lipinski definition) is 0. The first-order valence-electron chi connectivity index (χ1n) is 7.73. The Morgan fingerprint density at radius 2 is 1.83 bits per heavy atom. The van der Waals surface area contributed by atoms with Crippen LogP contribution in [-0.2, 0) is 22.3 Å². The number of nitrogens with zero attached hydrogens (tertiary/aromatic N) is 1. The molecule has 0 bridgehead atoms. The first-order chi connectivity index (χ1) is 10.5. The molecule has 1 saturated heterocycles. The molecule has 2 aliphatic rings. The second kappa shape index (κ2) is 5.47. The zero-order valence-corrected chi connectivity index (χ0v) is 14.6. The molecule has 23 heavy (non-hydrogen) atoms. The molecule has 3 heterocycles. The summed E-state index contributed by atoms with van der Waals surface area (Å²) in [7, 11) is -0.438. The zero-order valence-electron chi connectivity index (χ0n) is 13.8. The summed E-state index contributed by atoms with van der Waals surface area (Å²) in [6.07, 6.45) is -3.51. The van der Waals surface area contributed by atoms with Gasteiger partial charge in [0.15, 0.2) is 0 Å². The van der Waals surface area contributed by atoms with Crippen LogP contribution >= 0.6 is 11.3 Å². The van der Waals surface area contributed by atoms with E-state index in [1.165, 1.54) is 16.2 Å². The van der Waals surface area contributed by atoms with E-state index in [2.05, 4.69) is 0 Å². The molecule has 1 aromatic rings. The maximum atomic E-state index is 12.6. The SMILES string of the molecule is CC1(C)OB(c2cc3c(s2)CN(CC(F)(F)F)CC3)OC1(C)C. The van der Waals surface area contributed by atoms with Crippen molar-refractivity contribution >= 4 is 23.2 Å². The number of fused-ring (bicyclic) bond motifs is 1. The van der Waals surface area contributed by atoms with Gasteiger partial charge in [-0.1, -0.05) is 0 Å². The van der Waals surface area contributed by atoms with E-state index in [0.717, 1.165) is 15.2 Å². The summed E-state index contributed by atoms with van der Waals surface area (Å²) in [5, 5.41) is 0. The number of rotatable bonds is 2. The Balaban J connectivity index is 1.75. The number of thiophene rings is 1. The van der Waals surface area contributed by atoms with Crippen molar-refractivity contribution in [3.05, 3.63) is 16.5 Å². The van der Waals surface area contributed by atoms with E-state index in [9.17, 15) is 13.2 Å². The summed E-state index contributed by atoms with van der Waals surface area (Å²) >= 11 is 1.50. The maximum absolute atomic E-state index is 12.6. The van der Waals surface area contributed by atoms with Crippen molar-refractivity contribution in [3.63, 3.8) is 0 Å². The lowest BCUT2D eigenvalue weighted by Crippen LogP contribution is -2.41. The Morgan fingerprint density at radius 3 is 2.39 bits per heavy atom. The Bertz CT molecular complexity index is 584. The van der Waals surface area contributed by atoms with Crippen LogP contribution in [0.1, 0.15) is 38.1 Å². The summed E-state index contributed by atoms with van der Waals surface area (Å²) < 4.78 is 50.7. The Kier molecular flexibility index (Phi) is 4.11. The molecule has 3 nitrogen and oxygen atoms in total. The molecule has 128 valence electrons. The molecule has 0 amide bonds. The van der Waals surface area contributed by atoms with Gasteiger partial charge in [-0.25, -0.2) is 0 Å². The third kappa shape index (κ3) is 3.45. The van der Waals surface area contributed by atoms with E-state index in [4.69, 9.17) is 9.31 Å². The highest BCUT2D eigenvalue weighted by atomic mass is 32.1. The maximum Gasteiger partial charge on any atom is 0.505 e. The lowest BCUT2D eigenvalue weighted by Gasteiger charge is -2.32. The van der Waals surface area contributed by atoms with Crippen molar-refractivity contribution in [2.75, 3.05) is 13.1 Å². The van der Waals surface area contributed by atoms with Gasteiger partial charge in [-0.3, -0.25) is 4.90 Å². The zero-order chi connectivity index (χ0) is 17.0. The first kappa shape index (κ1) is 17.3. The molecule has 2 aliphatic heterocycles. The topological polar surface area (TPSA) is 21.7 Å². The Labute approximate surface area is 138 Å². The molecule has 3 rings (SSSR count). The van der Waals surface area contributed by atoms with Gasteiger partial charge in [0.05, 0.1) is 17.7 Å². The Morgan fingerprint density at radius 1 is 1.22 bits per heavy atom. The molecule has 1 aromatic heterocycles. The minimum absolute atomic E-state index is 0.346. The summed E-state index contributed by atoms with van der Waals surface area (Å²) in [5.41, 5.74) is 0.299. The average molecular weight is 347 g/mol. The monoisotopic (exact) mass is 347 g/mol. The van der Waals surface area contributed by atoms with Gasteiger partial charge in [0.2, 0.25) is 0 Å².